The minimum Gasteiger partial charge on any atom is -0.341 e. The van der Waals surface area contributed by atoms with Gasteiger partial charge in [0.1, 0.15) is 5.54 Å². The van der Waals surface area contributed by atoms with E-state index < -0.39 is 11.6 Å². The number of imidazole rings is 1. The number of aryl methyl sites for hydroxylation is 1. The monoisotopic (exact) mass is 582 g/mol. The van der Waals surface area contributed by atoms with Gasteiger partial charge in [-0.1, -0.05) is 91.0 Å². The maximum absolute atomic E-state index is 13.1. The first kappa shape index (κ1) is 30.1. The van der Waals surface area contributed by atoms with Crippen molar-refractivity contribution in [1.29, 1.82) is 0 Å². The summed E-state index contributed by atoms with van der Waals surface area (Å²) in [5.74, 6) is 1.87. The van der Waals surface area contributed by atoms with Crippen LogP contribution in [0.1, 0.15) is 66.6 Å². The van der Waals surface area contributed by atoms with Gasteiger partial charge in [-0.25, -0.2) is 4.98 Å². The highest BCUT2D eigenvalue weighted by atomic mass is 35.5. The Balaban J connectivity index is 0.00000353. The quantitative estimate of drug-likeness (QED) is 0.210. The smallest absolute Gasteiger partial charge is 0.239 e. The summed E-state index contributed by atoms with van der Waals surface area (Å²) in [5.41, 5.74) is 11.6. The number of hydrogen-bond donors (Lipinski definition) is 1. The Morgan fingerprint density at radius 1 is 0.833 bits per heavy atom. The Morgan fingerprint density at radius 3 is 1.79 bits per heavy atom. The van der Waals surface area contributed by atoms with Crippen LogP contribution < -0.4 is 5.73 Å². The van der Waals surface area contributed by atoms with Crippen LogP contribution in [0.4, 0.5) is 0 Å². The van der Waals surface area contributed by atoms with Crippen LogP contribution in [0.5, 0.6) is 0 Å². The molecule has 1 amide bonds. The van der Waals surface area contributed by atoms with Crippen LogP contribution in [0.3, 0.4) is 0 Å². The molecular weight excluding hydrogens is 540 g/mol. The second-order valence-electron chi connectivity index (χ2n) is 12.0. The lowest BCUT2D eigenvalue weighted by Crippen LogP contribution is -2.47. The first-order chi connectivity index (χ1) is 20.1. The van der Waals surface area contributed by atoms with Gasteiger partial charge < -0.3 is 15.2 Å². The van der Waals surface area contributed by atoms with Crippen molar-refractivity contribution in [2.24, 2.45) is 17.6 Å². The molecule has 1 atom stereocenters. The maximum atomic E-state index is 13.1. The normalized spacial score (nSPS) is 16.6. The van der Waals surface area contributed by atoms with Crippen molar-refractivity contribution < 1.29 is 4.79 Å². The fraction of sp³-hybridized carbons (Fsp3) is 0.389. The Morgan fingerprint density at radius 2 is 1.31 bits per heavy atom. The molecule has 1 aromatic heterocycles. The molecule has 2 heterocycles. The molecule has 2 aliphatic rings. The number of benzene rings is 3. The number of carbonyl (C=O) groups excluding carboxylic acids is 1. The summed E-state index contributed by atoms with van der Waals surface area (Å²) >= 11 is 0. The predicted molar refractivity (Wildman–Crippen MR) is 172 cm³/mol. The maximum Gasteiger partial charge on any atom is 0.239 e. The van der Waals surface area contributed by atoms with E-state index >= 15 is 0 Å². The summed E-state index contributed by atoms with van der Waals surface area (Å²) < 4.78 is 2.33. The molecule has 3 aromatic carbocycles. The first-order valence-corrected chi connectivity index (χ1v) is 15.3. The van der Waals surface area contributed by atoms with E-state index in [2.05, 4.69) is 102 Å². The molecule has 1 saturated heterocycles. The number of hydrogen-bond acceptors (Lipinski definition) is 3. The third kappa shape index (κ3) is 5.91. The van der Waals surface area contributed by atoms with E-state index in [-0.39, 0.29) is 18.3 Å². The molecule has 2 fully saturated rings. The lowest BCUT2D eigenvalue weighted by molar-refractivity contribution is -0.134. The molecule has 2 N–H and O–H groups in total. The van der Waals surface area contributed by atoms with Crippen LogP contribution in [-0.2, 0) is 16.8 Å². The summed E-state index contributed by atoms with van der Waals surface area (Å²) in [6, 6.07) is 31.6. The van der Waals surface area contributed by atoms with Gasteiger partial charge in [0.05, 0.1) is 18.1 Å². The van der Waals surface area contributed by atoms with Crippen LogP contribution >= 0.6 is 12.4 Å². The molecule has 0 radical (unpaired) electrons. The average Bonchev–Trinajstić information content (AvgIpc) is 3.83. The summed E-state index contributed by atoms with van der Waals surface area (Å²) in [6.45, 7) is 3.91. The number of halogens is 1. The molecule has 0 unspecified atom stereocenters. The van der Waals surface area contributed by atoms with E-state index in [0.29, 0.717) is 6.42 Å². The number of aromatic nitrogens is 2. The van der Waals surface area contributed by atoms with E-state index in [0.717, 1.165) is 62.0 Å². The molecule has 6 heteroatoms. The van der Waals surface area contributed by atoms with Crippen molar-refractivity contribution >= 4 is 18.3 Å². The summed E-state index contributed by atoms with van der Waals surface area (Å²) in [6.07, 6.45) is 9.35. The van der Waals surface area contributed by atoms with Crippen molar-refractivity contribution in [3.05, 3.63) is 125 Å². The molecule has 0 bridgehead atoms. The largest absolute Gasteiger partial charge is 0.341 e. The van der Waals surface area contributed by atoms with Crippen molar-refractivity contribution in [2.45, 2.75) is 63.5 Å². The molecular formula is C36H43ClN4O. The van der Waals surface area contributed by atoms with E-state index in [1.807, 2.05) is 11.2 Å². The molecule has 4 aromatic rings. The van der Waals surface area contributed by atoms with Gasteiger partial charge in [0.15, 0.2) is 0 Å². The molecule has 0 spiro atoms. The second kappa shape index (κ2) is 13.3. The lowest BCUT2D eigenvalue weighted by Gasteiger charge is -2.38. The highest BCUT2D eigenvalue weighted by Crippen LogP contribution is 2.43. The summed E-state index contributed by atoms with van der Waals surface area (Å²) in [7, 11) is 0. The van der Waals surface area contributed by atoms with Gasteiger partial charge in [0, 0.05) is 18.8 Å². The highest BCUT2D eigenvalue weighted by molar-refractivity contribution is 5.85. The zero-order chi connectivity index (χ0) is 28.2. The van der Waals surface area contributed by atoms with E-state index in [9.17, 15) is 4.79 Å². The number of piperidine rings is 1. The molecule has 220 valence electrons. The minimum absolute atomic E-state index is 0. The molecule has 6 rings (SSSR count). The van der Waals surface area contributed by atoms with Crippen molar-refractivity contribution in [1.82, 2.24) is 14.5 Å². The van der Waals surface area contributed by atoms with Crippen LogP contribution in [0.25, 0.3) is 0 Å². The van der Waals surface area contributed by atoms with Gasteiger partial charge in [-0.2, -0.15) is 0 Å². The molecule has 1 aliphatic heterocycles. The first-order valence-electron chi connectivity index (χ1n) is 15.3. The SMILES string of the molecule is Cc1c(CCC[C@H](N)C(=O)N2CCC(C3CC3)CC2)ncn1C(c1ccccc1)(c1ccccc1)c1ccccc1.Cl. The van der Waals surface area contributed by atoms with E-state index in [1.54, 1.807) is 0 Å². The lowest BCUT2D eigenvalue weighted by atomic mass is 9.76. The molecule has 1 aliphatic carbocycles. The van der Waals surface area contributed by atoms with Gasteiger partial charge in [-0.3, -0.25) is 4.79 Å². The molecule has 42 heavy (non-hydrogen) atoms. The van der Waals surface area contributed by atoms with E-state index in [1.165, 1.54) is 29.5 Å². The Bertz CT molecular complexity index is 1330. The van der Waals surface area contributed by atoms with Crippen LogP contribution in [0, 0.1) is 18.8 Å². The highest BCUT2D eigenvalue weighted by Gasteiger charge is 2.40. The van der Waals surface area contributed by atoms with Crippen LogP contribution in [-0.4, -0.2) is 39.5 Å². The third-order valence-corrected chi connectivity index (χ3v) is 9.43. The predicted octanol–water partition coefficient (Wildman–Crippen LogP) is 6.75. The standard InChI is InChI=1S/C36H42N4O.ClH/c1-27-34(19-11-18-33(37)35(41)39-24-22-29(23-25-39)28-20-21-28)38-26-40(27)36(30-12-5-2-6-13-30,31-14-7-3-8-15-31)32-16-9-4-10-17-32;/h2-10,12-17,26,28-29,33H,11,18-25,37H2,1H3;1H/t33-;/m0./s1. The number of carbonyl (C=O) groups is 1. The summed E-state index contributed by atoms with van der Waals surface area (Å²) in [4.78, 5) is 20.0. The van der Waals surface area contributed by atoms with Gasteiger partial charge in [0.2, 0.25) is 5.91 Å². The zero-order valence-electron chi connectivity index (χ0n) is 24.6. The molecule has 5 nitrogen and oxygen atoms in total. The van der Waals surface area contributed by atoms with Gasteiger partial charge >= 0.3 is 0 Å². The fourth-order valence-electron chi connectivity index (χ4n) is 6.99. The second-order valence-corrected chi connectivity index (χ2v) is 12.0. The topological polar surface area (TPSA) is 64.2 Å². The fourth-order valence-corrected chi connectivity index (χ4v) is 6.99. The van der Waals surface area contributed by atoms with Gasteiger partial charge in [-0.15, -0.1) is 12.4 Å². The number of amides is 1. The van der Waals surface area contributed by atoms with Gasteiger partial charge in [-0.05, 0) is 80.4 Å². The van der Waals surface area contributed by atoms with Crippen molar-refractivity contribution in [2.75, 3.05) is 13.1 Å². The van der Waals surface area contributed by atoms with Crippen LogP contribution in [0.15, 0.2) is 97.3 Å². The van der Waals surface area contributed by atoms with Gasteiger partial charge in [0.25, 0.3) is 0 Å². The average molecular weight is 583 g/mol. The minimum atomic E-state index is -0.571. The Kier molecular flexibility index (Phi) is 9.50. The van der Waals surface area contributed by atoms with Crippen LogP contribution in [0.2, 0.25) is 0 Å². The third-order valence-electron chi connectivity index (χ3n) is 9.43. The summed E-state index contributed by atoms with van der Waals surface area (Å²) in [5, 5.41) is 0. The zero-order valence-corrected chi connectivity index (χ0v) is 25.4. The number of rotatable bonds is 10. The Labute approximate surface area is 256 Å². The number of nitrogens with zero attached hydrogens (tertiary/aromatic N) is 3. The number of likely N-dealkylation sites (tertiary alicyclic amines) is 1. The Hall–Kier alpha value is -3.41. The number of nitrogens with two attached hydrogens (primary N) is 1. The van der Waals surface area contributed by atoms with Crippen molar-refractivity contribution in [3.8, 4) is 0 Å². The molecule has 1 saturated carbocycles. The van der Waals surface area contributed by atoms with E-state index in [4.69, 9.17) is 10.7 Å². The van der Waals surface area contributed by atoms with Crippen molar-refractivity contribution in [3.63, 3.8) is 0 Å².